The number of nitriles is 1. The van der Waals surface area contributed by atoms with Gasteiger partial charge in [-0.2, -0.15) is 5.26 Å². The van der Waals surface area contributed by atoms with E-state index in [4.69, 9.17) is 10.00 Å². The Morgan fingerprint density at radius 2 is 1.79 bits per heavy atom. The van der Waals surface area contributed by atoms with Crippen LogP contribution < -0.4 is 5.32 Å². The fraction of sp³-hybridized carbons (Fsp3) is 0.136. The third-order valence-electron chi connectivity index (χ3n) is 4.06. The van der Waals surface area contributed by atoms with Crippen molar-refractivity contribution >= 4 is 40.1 Å². The van der Waals surface area contributed by atoms with Crippen LogP contribution in [0.25, 0.3) is 10.8 Å². The van der Waals surface area contributed by atoms with Gasteiger partial charge in [-0.25, -0.2) is 0 Å². The molecule has 0 bridgehead atoms. The van der Waals surface area contributed by atoms with Crippen molar-refractivity contribution in [3.63, 3.8) is 0 Å². The summed E-state index contributed by atoms with van der Waals surface area (Å²) in [5.74, 6) is -0.855. The first-order valence-electron chi connectivity index (χ1n) is 8.68. The summed E-state index contributed by atoms with van der Waals surface area (Å²) in [6, 6.07) is 22.6. The second-order valence-corrected chi connectivity index (χ2v) is 7.13. The number of carbonyl (C=O) groups is 2. The summed E-state index contributed by atoms with van der Waals surface area (Å²) >= 11 is 1.36. The Hall–Kier alpha value is -3.30. The molecule has 0 aliphatic rings. The molecule has 3 rings (SSSR count). The molecule has 3 aromatic rings. The number of carbonyl (C=O) groups excluding carboxylic acids is 2. The molecule has 28 heavy (non-hydrogen) atoms. The van der Waals surface area contributed by atoms with Gasteiger partial charge in [0.05, 0.1) is 17.0 Å². The number of amides is 1. The molecule has 3 aromatic carbocycles. The Bertz CT molecular complexity index is 1060. The monoisotopic (exact) mass is 390 g/mol. The fourth-order valence-electron chi connectivity index (χ4n) is 2.61. The number of anilines is 1. The van der Waals surface area contributed by atoms with Crippen LogP contribution in [0.2, 0.25) is 0 Å². The quantitative estimate of drug-likeness (QED) is 0.499. The minimum atomic E-state index is -0.962. The molecule has 5 nitrogen and oxygen atoms in total. The van der Waals surface area contributed by atoms with E-state index in [2.05, 4.69) is 5.32 Å². The maximum absolute atomic E-state index is 12.2. The van der Waals surface area contributed by atoms with Gasteiger partial charge in [-0.3, -0.25) is 9.59 Å². The molecule has 0 unspecified atom stereocenters. The summed E-state index contributed by atoms with van der Waals surface area (Å²) in [6.45, 7) is 1.50. The van der Waals surface area contributed by atoms with E-state index in [0.29, 0.717) is 11.3 Å². The molecule has 0 aromatic heterocycles. The number of fused-ring (bicyclic) bond motifs is 1. The van der Waals surface area contributed by atoms with Crippen molar-refractivity contribution in [1.82, 2.24) is 0 Å². The van der Waals surface area contributed by atoms with Crippen molar-refractivity contribution in [1.29, 1.82) is 5.26 Å². The number of para-hydroxylation sites is 1. The van der Waals surface area contributed by atoms with E-state index in [-0.39, 0.29) is 5.75 Å². The van der Waals surface area contributed by atoms with Gasteiger partial charge in [0.1, 0.15) is 6.07 Å². The van der Waals surface area contributed by atoms with Crippen molar-refractivity contribution in [2.75, 3.05) is 11.1 Å². The van der Waals surface area contributed by atoms with Crippen molar-refractivity contribution in [3.8, 4) is 6.07 Å². The lowest BCUT2D eigenvalue weighted by Crippen LogP contribution is -2.30. The molecule has 1 N–H and O–H groups in total. The van der Waals surface area contributed by atoms with Gasteiger partial charge in [-0.05, 0) is 42.0 Å². The summed E-state index contributed by atoms with van der Waals surface area (Å²) in [4.78, 5) is 25.3. The van der Waals surface area contributed by atoms with Crippen LogP contribution in [0.3, 0.4) is 0 Å². The Morgan fingerprint density at radius 3 is 2.57 bits per heavy atom. The van der Waals surface area contributed by atoms with Crippen LogP contribution in [0.5, 0.6) is 0 Å². The highest BCUT2D eigenvalue weighted by atomic mass is 32.2. The predicted octanol–water partition coefficient (Wildman–Crippen LogP) is 4.37. The van der Waals surface area contributed by atoms with Gasteiger partial charge in [-0.1, -0.05) is 42.5 Å². The molecular formula is C22H18N2O3S. The topological polar surface area (TPSA) is 79.2 Å². The minimum Gasteiger partial charge on any atom is -0.452 e. The normalized spacial score (nSPS) is 11.4. The standard InChI is InChI=1S/C22H18N2O3S/c1-15(22(26)24-20-9-5-4-8-18(20)13-23)27-21(25)14-28-19-11-10-16-6-2-3-7-17(16)12-19/h2-12,15H,14H2,1H3,(H,24,26)/t15-/m0/s1. The molecule has 0 aliphatic heterocycles. The molecule has 0 aliphatic carbocycles. The second kappa shape index (κ2) is 9.07. The zero-order chi connectivity index (χ0) is 19.9. The molecule has 1 amide bonds. The summed E-state index contributed by atoms with van der Waals surface area (Å²) in [7, 11) is 0. The summed E-state index contributed by atoms with van der Waals surface area (Å²) in [5.41, 5.74) is 0.740. The molecular weight excluding hydrogens is 372 g/mol. The smallest absolute Gasteiger partial charge is 0.317 e. The van der Waals surface area contributed by atoms with Crippen LogP contribution in [0.1, 0.15) is 12.5 Å². The van der Waals surface area contributed by atoms with Crippen LogP contribution >= 0.6 is 11.8 Å². The number of thioether (sulfide) groups is 1. The molecule has 0 radical (unpaired) electrons. The first kappa shape index (κ1) is 19.5. The second-order valence-electron chi connectivity index (χ2n) is 6.08. The third kappa shape index (κ3) is 4.90. The van der Waals surface area contributed by atoms with Gasteiger partial charge >= 0.3 is 5.97 Å². The fourth-order valence-corrected chi connectivity index (χ4v) is 3.34. The Kier molecular flexibility index (Phi) is 6.30. The minimum absolute atomic E-state index is 0.102. The van der Waals surface area contributed by atoms with Crippen molar-refractivity contribution in [3.05, 3.63) is 72.3 Å². The molecule has 0 saturated heterocycles. The van der Waals surface area contributed by atoms with Crippen molar-refractivity contribution in [2.45, 2.75) is 17.9 Å². The molecule has 6 heteroatoms. The van der Waals surface area contributed by atoms with Crippen LogP contribution in [-0.2, 0) is 14.3 Å². The van der Waals surface area contributed by atoms with Crippen LogP contribution in [-0.4, -0.2) is 23.7 Å². The maximum Gasteiger partial charge on any atom is 0.317 e. The molecule has 0 spiro atoms. The van der Waals surface area contributed by atoms with E-state index in [1.807, 2.05) is 48.5 Å². The molecule has 140 valence electrons. The summed E-state index contributed by atoms with van der Waals surface area (Å²) in [5, 5.41) is 13.9. The van der Waals surface area contributed by atoms with Crippen molar-refractivity contribution < 1.29 is 14.3 Å². The van der Waals surface area contributed by atoms with E-state index in [1.165, 1.54) is 18.7 Å². The van der Waals surface area contributed by atoms with Crippen LogP contribution in [0.4, 0.5) is 5.69 Å². The Labute approximate surface area is 167 Å². The molecule has 0 heterocycles. The van der Waals surface area contributed by atoms with E-state index in [9.17, 15) is 9.59 Å². The SMILES string of the molecule is C[C@H](OC(=O)CSc1ccc2ccccc2c1)C(=O)Nc1ccccc1C#N. The van der Waals surface area contributed by atoms with Crippen LogP contribution in [0, 0.1) is 11.3 Å². The largest absolute Gasteiger partial charge is 0.452 e. The first-order valence-corrected chi connectivity index (χ1v) is 9.66. The van der Waals surface area contributed by atoms with Gasteiger partial charge in [0.25, 0.3) is 5.91 Å². The number of nitrogens with one attached hydrogen (secondary N) is 1. The lowest BCUT2D eigenvalue weighted by atomic mass is 10.1. The highest BCUT2D eigenvalue weighted by Gasteiger charge is 2.19. The Morgan fingerprint density at radius 1 is 1.07 bits per heavy atom. The van der Waals surface area contributed by atoms with Gasteiger partial charge < -0.3 is 10.1 Å². The Balaban J connectivity index is 1.53. The maximum atomic E-state index is 12.2. The van der Waals surface area contributed by atoms with Crippen LogP contribution in [0.15, 0.2) is 71.6 Å². The van der Waals surface area contributed by atoms with Gasteiger partial charge in [0.2, 0.25) is 0 Å². The summed E-state index contributed by atoms with van der Waals surface area (Å²) < 4.78 is 5.21. The van der Waals surface area contributed by atoms with E-state index < -0.39 is 18.0 Å². The highest BCUT2D eigenvalue weighted by molar-refractivity contribution is 8.00. The van der Waals surface area contributed by atoms with E-state index >= 15 is 0 Å². The third-order valence-corrected chi connectivity index (χ3v) is 5.03. The zero-order valence-corrected chi connectivity index (χ0v) is 16.0. The molecule has 0 saturated carbocycles. The number of hydrogen-bond donors (Lipinski definition) is 1. The van der Waals surface area contributed by atoms with Gasteiger partial charge in [0.15, 0.2) is 6.10 Å². The first-order chi connectivity index (χ1) is 13.6. The number of esters is 1. The lowest BCUT2D eigenvalue weighted by Gasteiger charge is -2.14. The number of nitrogens with zero attached hydrogens (tertiary/aromatic N) is 1. The number of ether oxygens (including phenoxy) is 1. The van der Waals surface area contributed by atoms with E-state index in [1.54, 1.807) is 24.3 Å². The summed E-state index contributed by atoms with van der Waals surface area (Å²) in [6.07, 6.45) is -0.962. The average Bonchev–Trinajstić information content (AvgIpc) is 2.72. The highest BCUT2D eigenvalue weighted by Crippen LogP contribution is 2.24. The predicted molar refractivity (Wildman–Crippen MR) is 110 cm³/mol. The molecule has 1 atom stereocenters. The number of rotatable bonds is 6. The van der Waals surface area contributed by atoms with Gasteiger partial charge in [0, 0.05) is 4.90 Å². The molecule has 0 fully saturated rings. The zero-order valence-electron chi connectivity index (χ0n) is 15.2. The number of benzene rings is 3. The van der Waals surface area contributed by atoms with Crippen molar-refractivity contribution in [2.24, 2.45) is 0 Å². The average molecular weight is 390 g/mol. The van der Waals surface area contributed by atoms with Gasteiger partial charge in [-0.15, -0.1) is 11.8 Å². The number of hydrogen-bond acceptors (Lipinski definition) is 5. The van der Waals surface area contributed by atoms with E-state index in [0.717, 1.165) is 15.7 Å². The lowest BCUT2D eigenvalue weighted by molar-refractivity contribution is -0.150.